The second-order valence-electron chi connectivity index (χ2n) is 10.5. The number of esters is 1. The van der Waals surface area contributed by atoms with E-state index in [1.807, 2.05) is 0 Å². The average molecular weight is 463 g/mol. The minimum absolute atomic E-state index is 0.0364. The van der Waals surface area contributed by atoms with Crippen molar-refractivity contribution in [3.8, 4) is 0 Å². The first-order valence-electron chi connectivity index (χ1n) is 12.6. The molecule has 7 rings (SSSR count). The van der Waals surface area contributed by atoms with Crippen LogP contribution in [-0.2, 0) is 19.1 Å². The van der Waals surface area contributed by atoms with Gasteiger partial charge in [-0.2, -0.15) is 0 Å². The number of amides is 3. The molecule has 6 aliphatic rings. The van der Waals surface area contributed by atoms with E-state index >= 15 is 0 Å². The van der Waals surface area contributed by atoms with Crippen molar-refractivity contribution >= 4 is 29.4 Å². The lowest BCUT2D eigenvalue weighted by atomic mass is 9.63. The van der Waals surface area contributed by atoms with Gasteiger partial charge in [-0.1, -0.05) is 12.2 Å². The number of carbonyl (C=O) groups is 4. The molecule has 1 aromatic carbocycles. The number of imide groups is 1. The monoisotopic (exact) mass is 462 g/mol. The Bertz CT molecular complexity index is 1030. The minimum atomic E-state index is -0.384. The van der Waals surface area contributed by atoms with Crippen molar-refractivity contribution in [3.05, 3.63) is 42.0 Å². The molecule has 4 fully saturated rings. The zero-order valence-electron chi connectivity index (χ0n) is 19.3. The molecule has 5 aliphatic carbocycles. The number of anilines is 1. The Labute approximate surface area is 198 Å². The predicted molar refractivity (Wildman–Crippen MR) is 123 cm³/mol. The molecule has 1 heterocycles. The zero-order chi connectivity index (χ0) is 23.6. The van der Waals surface area contributed by atoms with Crippen molar-refractivity contribution in [2.75, 3.05) is 11.9 Å². The van der Waals surface area contributed by atoms with Crippen LogP contribution in [0.4, 0.5) is 5.69 Å². The van der Waals surface area contributed by atoms with Gasteiger partial charge >= 0.3 is 5.97 Å². The molecule has 0 radical (unpaired) electrons. The van der Waals surface area contributed by atoms with E-state index in [-0.39, 0.29) is 59.3 Å². The lowest BCUT2D eigenvalue weighted by Gasteiger charge is -2.37. The van der Waals surface area contributed by atoms with Gasteiger partial charge in [0.25, 0.3) is 0 Å². The maximum absolute atomic E-state index is 13.3. The summed E-state index contributed by atoms with van der Waals surface area (Å²) in [6, 6.07) is 6.59. The molecule has 7 heteroatoms. The zero-order valence-corrected chi connectivity index (χ0v) is 19.3. The Morgan fingerprint density at radius 3 is 2.09 bits per heavy atom. The van der Waals surface area contributed by atoms with Crippen LogP contribution in [0.3, 0.4) is 0 Å². The van der Waals surface area contributed by atoms with E-state index < -0.39 is 0 Å². The highest BCUT2D eigenvalue weighted by atomic mass is 16.5. The maximum Gasteiger partial charge on any atom is 0.338 e. The Morgan fingerprint density at radius 2 is 1.53 bits per heavy atom. The SMILES string of the molecule is CCOC(=O)c1ccc(NC(=O)C2CCC(N3C(=O)[C@H]4[C@@H]5C=C[C@H]([C@@H]6C[C@H]56)[C@@H]4C3=O)CC2)cc1. The van der Waals surface area contributed by atoms with Gasteiger partial charge in [-0.3, -0.25) is 19.3 Å². The number of nitrogens with zero attached hydrogens (tertiary/aromatic N) is 1. The molecule has 0 spiro atoms. The predicted octanol–water partition coefficient (Wildman–Crippen LogP) is 3.41. The summed E-state index contributed by atoms with van der Waals surface area (Å²) in [6.07, 6.45) is 8.23. The standard InChI is InChI=1S/C27H30N2O5/c1-2-34-27(33)15-3-7-16(8-4-15)28-24(30)14-5-9-17(10-6-14)29-25(31)22-18-11-12-19(21-13-20(18)21)23(22)26(29)32/h3-4,7-8,11-12,14,17-23H,2,5-6,9-10,13H2,1H3,(H,28,30)/t14?,17?,18-,19-,20-,21+,22+,23+/m1/s1. The van der Waals surface area contributed by atoms with Gasteiger partial charge in [0, 0.05) is 17.6 Å². The molecule has 178 valence electrons. The van der Waals surface area contributed by atoms with E-state index in [1.165, 1.54) is 6.42 Å². The third-order valence-electron chi connectivity index (χ3n) is 8.79. The molecule has 0 aromatic heterocycles. The van der Waals surface area contributed by atoms with Crippen LogP contribution in [0.2, 0.25) is 0 Å². The third kappa shape index (κ3) is 3.31. The maximum atomic E-state index is 13.3. The highest BCUT2D eigenvalue weighted by molar-refractivity contribution is 6.06. The van der Waals surface area contributed by atoms with Crippen LogP contribution >= 0.6 is 0 Å². The molecule has 1 saturated heterocycles. The van der Waals surface area contributed by atoms with E-state index in [0.717, 1.165) is 0 Å². The highest BCUT2D eigenvalue weighted by Crippen LogP contribution is 2.65. The highest BCUT2D eigenvalue weighted by Gasteiger charge is 2.67. The molecule has 7 nitrogen and oxygen atoms in total. The van der Waals surface area contributed by atoms with Gasteiger partial charge in [0.15, 0.2) is 0 Å². The fourth-order valence-electron chi connectivity index (χ4n) is 7.08. The van der Waals surface area contributed by atoms with Gasteiger partial charge < -0.3 is 10.1 Å². The third-order valence-corrected chi connectivity index (χ3v) is 8.79. The first-order chi connectivity index (χ1) is 16.5. The number of benzene rings is 1. The molecule has 1 aliphatic heterocycles. The summed E-state index contributed by atoms with van der Waals surface area (Å²) >= 11 is 0. The molecule has 3 saturated carbocycles. The number of nitrogens with one attached hydrogen (secondary N) is 1. The normalized spacial score (nSPS) is 37.3. The summed E-state index contributed by atoms with van der Waals surface area (Å²) in [6.45, 7) is 2.07. The van der Waals surface area contributed by atoms with E-state index in [1.54, 1.807) is 36.1 Å². The van der Waals surface area contributed by atoms with Gasteiger partial charge in [0.2, 0.25) is 17.7 Å². The molecule has 6 atom stereocenters. The van der Waals surface area contributed by atoms with E-state index in [9.17, 15) is 19.2 Å². The Hall–Kier alpha value is -2.96. The summed E-state index contributed by atoms with van der Waals surface area (Å²) in [7, 11) is 0. The topological polar surface area (TPSA) is 92.8 Å². The van der Waals surface area contributed by atoms with Crippen LogP contribution in [0.1, 0.15) is 49.4 Å². The lowest BCUT2D eigenvalue weighted by Crippen LogP contribution is -2.44. The number of rotatable bonds is 5. The first-order valence-corrected chi connectivity index (χ1v) is 12.6. The molecule has 3 amide bonds. The second-order valence-corrected chi connectivity index (χ2v) is 10.5. The summed E-state index contributed by atoms with van der Waals surface area (Å²) < 4.78 is 4.98. The van der Waals surface area contributed by atoms with Crippen molar-refractivity contribution in [1.82, 2.24) is 4.90 Å². The van der Waals surface area contributed by atoms with Crippen LogP contribution in [0, 0.1) is 41.4 Å². The van der Waals surface area contributed by atoms with Crippen molar-refractivity contribution in [1.29, 1.82) is 0 Å². The molecular formula is C27H30N2O5. The van der Waals surface area contributed by atoms with Gasteiger partial charge in [0.1, 0.15) is 0 Å². The summed E-state index contributed by atoms with van der Waals surface area (Å²) in [5.74, 6) is 0.901. The Balaban J connectivity index is 1.06. The fraction of sp³-hybridized carbons (Fsp3) is 0.556. The first kappa shape index (κ1) is 21.6. The number of hydrogen-bond acceptors (Lipinski definition) is 5. The van der Waals surface area contributed by atoms with Crippen LogP contribution in [0.15, 0.2) is 36.4 Å². The summed E-state index contributed by atoms with van der Waals surface area (Å²) in [4.78, 5) is 52.9. The van der Waals surface area contributed by atoms with Gasteiger partial charge in [-0.25, -0.2) is 4.79 Å². The van der Waals surface area contributed by atoms with E-state index in [2.05, 4.69) is 17.5 Å². The van der Waals surface area contributed by atoms with E-state index in [4.69, 9.17) is 4.74 Å². The van der Waals surface area contributed by atoms with Crippen LogP contribution in [-0.4, -0.2) is 41.2 Å². The van der Waals surface area contributed by atoms with Crippen LogP contribution in [0.5, 0.6) is 0 Å². The van der Waals surface area contributed by atoms with Gasteiger partial charge in [-0.05, 0) is 87.0 Å². The Kier molecular flexibility index (Phi) is 5.12. The molecule has 1 aromatic rings. The number of hydrogen-bond donors (Lipinski definition) is 1. The molecule has 34 heavy (non-hydrogen) atoms. The lowest BCUT2D eigenvalue weighted by molar-refractivity contribution is -0.144. The number of ether oxygens (including phenoxy) is 1. The van der Waals surface area contributed by atoms with Crippen molar-refractivity contribution in [2.24, 2.45) is 41.4 Å². The van der Waals surface area contributed by atoms with E-state index in [0.29, 0.717) is 55.4 Å². The molecule has 1 N–H and O–H groups in total. The van der Waals surface area contributed by atoms with Crippen LogP contribution < -0.4 is 5.32 Å². The summed E-state index contributed by atoms with van der Waals surface area (Å²) in [5, 5.41) is 2.94. The van der Waals surface area contributed by atoms with Crippen molar-refractivity contribution in [2.45, 2.75) is 45.1 Å². The molecular weight excluding hydrogens is 432 g/mol. The largest absolute Gasteiger partial charge is 0.462 e. The number of allylic oxidation sites excluding steroid dienone is 2. The second kappa shape index (κ2) is 8.07. The number of carbonyl (C=O) groups excluding carboxylic acids is 4. The molecule has 2 bridgehead atoms. The average Bonchev–Trinajstić information content (AvgIpc) is 3.63. The van der Waals surface area contributed by atoms with Crippen LogP contribution in [0.25, 0.3) is 0 Å². The number of likely N-dealkylation sites (tertiary alicyclic amines) is 1. The fourth-order valence-corrected chi connectivity index (χ4v) is 7.08. The van der Waals surface area contributed by atoms with Gasteiger partial charge in [0.05, 0.1) is 24.0 Å². The molecule has 0 unspecified atom stereocenters. The van der Waals surface area contributed by atoms with Crippen molar-refractivity contribution in [3.63, 3.8) is 0 Å². The quantitative estimate of drug-likeness (QED) is 0.411. The van der Waals surface area contributed by atoms with Gasteiger partial charge in [-0.15, -0.1) is 0 Å². The smallest absolute Gasteiger partial charge is 0.338 e. The minimum Gasteiger partial charge on any atom is -0.462 e. The van der Waals surface area contributed by atoms with Crippen molar-refractivity contribution < 1.29 is 23.9 Å². The summed E-state index contributed by atoms with van der Waals surface area (Å²) in [5.41, 5.74) is 1.08. The Morgan fingerprint density at radius 1 is 0.941 bits per heavy atom.